The molecule has 4 nitrogen and oxygen atoms in total. The lowest BCUT2D eigenvalue weighted by Crippen LogP contribution is -2.48. The van der Waals surface area contributed by atoms with Crippen molar-refractivity contribution in [3.05, 3.63) is 0 Å². The fourth-order valence-electron chi connectivity index (χ4n) is 2.31. The molecule has 4 heteroatoms. The molecular weight excluding hydrogens is 194 g/mol. The van der Waals surface area contributed by atoms with Crippen LogP contribution in [0.5, 0.6) is 0 Å². The zero-order valence-electron chi connectivity index (χ0n) is 9.19. The molecule has 1 N–H and O–H groups in total. The summed E-state index contributed by atoms with van der Waals surface area (Å²) < 4.78 is 5.45. The van der Waals surface area contributed by atoms with E-state index in [4.69, 9.17) is 9.84 Å². The van der Waals surface area contributed by atoms with Gasteiger partial charge in [-0.25, -0.2) is 0 Å². The van der Waals surface area contributed by atoms with Crippen LogP contribution in [0.15, 0.2) is 0 Å². The molecule has 1 heterocycles. The minimum Gasteiger partial charge on any atom is -0.481 e. The van der Waals surface area contributed by atoms with Crippen LogP contribution in [0.4, 0.5) is 0 Å². The van der Waals surface area contributed by atoms with Crippen molar-refractivity contribution >= 4 is 5.97 Å². The highest BCUT2D eigenvalue weighted by molar-refractivity contribution is 5.67. The third-order valence-corrected chi connectivity index (χ3v) is 3.45. The molecule has 1 aliphatic heterocycles. The first kappa shape index (κ1) is 10.9. The summed E-state index contributed by atoms with van der Waals surface area (Å²) >= 11 is 0. The van der Waals surface area contributed by atoms with Gasteiger partial charge in [0.1, 0.15) is 0 Å². The normalized spacial score (nSPS) is 30.1. The van der Waals surface area contributed by atoms with Crippen LogP contribution in [0.1, 0.15) is 26.2 Å². The van der Waals surface area contributed by atoms with Crippen molar-refractivity contribution in [2.75, 3.05) is 19.7 Å². The van der Waals surface area contributed by atoms with Crippen LogP contribution >= 0.6 is 0 Å². The van der Waals surface area contributed by atoms with Crippen molar-refractivity contribution in [1.29, 1.82) is 0 Å². The first-order chi connectivity index (χ1) is 7.16. The smallest absolute Gasteiger partial charge is 0.306 e. The van der Waals surface area contributed by atoms with Crippen LogP contribution in [0.3, 0.4) is 0 Å². The topological polar surface area (TPSA) is 49.8 Å². The van der Waals surface area contributed by atoms with Gasteiger partial charge >= 0.3 is 5.97 Å². The highest BCUT2D eigenvalue weighted by Crippen LogP contribution is 2.35. The number of hydrogen-bond acceptors (Lipinski definition) is 3. The van der Waals surface area contributed by atoms with E-state index in [2.05, 4.69) is 11.8 Å². The monoisotopic (exact) mass is 213 g/mol. The summed E-state index contributed by atoms with van der Waals surface area (Å²) in [5.74, 6) is 0.0782. The van der Waals surface area contributed by atoms with E-state index in [-0.39, 0.29) is 12.5 Å². The van der Waals surface area contributed by atoms with Crippen LogP contribution in [0, 0.1) is 5.92 Å². The van der Waals surface area contributed by atoms with Gasteiger partial charge in [-0.2, -0.15) is 0 Å². The van der Waals surface area contributed by atoms with Crippen LogP contribution in [0.25, 0.3) is 0 Å². The number of ether oxygens (including phenoxy) is 1. The van der Waals surface area contributed by atoms with Crippen LogP contribution in [0.2, 0.25) is 0 Å². The Hall–Kier alpha value is -0.610. The van der Waals surface area contributed by atoms with Gasteiger partial charge in [-0.1, -0.05) is 0 Å². The highest BCUT2D eigenvalue weighted by atomic mass is 16.5. The van der Waals surface area contributed by atoms with E-state index in [0.717, 1.165) is 19.0 Å². The number of rotatable bonds is 4. The third kappa shape index (κ3) is 2.92. The second-order valence-electron chi connectivity index (χ2n) is 4.66. The van der Waals surface area contributed by atoms with Crippen molar-refractivity contribution in [3.63, 3.8) is 0 Å². The molecule has 2 atom stereocenters. The van der Waals surface area contributed by atoms with E-state index in [9.17, 15) is 4.79 Å². The maximum absolute atomic E-state index is 10.6. The Bertz CT molecular complexity index is 240. The van der Waals surface area contributed by atoms with Crippen molar-refractivity contribution in [2.24, 2.45) is 5.92 Å². The molecule has 2 fully saturated rings. The number of carboxylic acid groups (broad SMARTS) is 1. The molecule has 0 aromatic rings. The summed E-state index contributed by atoms with van der Waals surface area (Å²) in [5, 5.41) is 8.71. The van der Waals surface area contributed by atoms with Gasteiger partial charge in [0.05, 0.1) is 19.1 Å². The van der Waals surface area contributed by atoms with Gasteiger partial charge in [-0.3, -0.25) is 9.69 Å². The maximum atomic E-state index is 10.6. The summed E-state index contributed by atoms with van der Waals surface area (Å²) in [6.07, 6.45) is 2.69. The lowest BCUT2D eigenvalue weighted by atomic mass is 10.1. The first-order valence-electron chi connectivity index (χ1n) is 5.74. The van der Waals surface area contributed by atoms with Gasteiger partial charge in [0.2, 0.25) is 0 Å². The highest BCUT2D eigenvalue weighted by Gasteiger charge is 2.34. The van der Waals surface area contributed by atoms with E-state index < -0.39 is 5.97 Å². The van der Waals surface area contributed by atoms with E-state index in [1.54, 1.807) is 0 Å². The molecule has 15 heavy (non-hydrogen) atoms. The van der Waals surface area contributed by atoms with Gasteiger partial charge in [0.15, 0.2) is 0 Å². The fourth-order valence-corrected chi connectivity index (χ4v) is 2.31. The maximum Gasteiger partial charge on any atom is 0.306 e. The van der Waals surface area contributed by atoms with Crippen molar-refractivity contribution in [2.45, 2.75) is 38.3 Å². The molecule has 86 valence electrons. The van der Waals surface area contributed by atoms with Gasteiger partial charge in [0.25, 0.3) is 0 Å². The standard InChI is InChI=1S/C11H19NO3/c1-8(9-2-3-9)12-4-5-15-10(7-12)6-11(13)14/h8-10H,2-7H2,1H3,(H,13,14). The summed E-state index contributed by atoms with van der Waals surface area (Å²) in [6.45, 7) is 4.66. The number of nitrogens with zero attached hydrogens (tertiary/aromatic N) is 1. The van der Waals surface area contributed by atoms with Gasteiger partial charge < -0.3 is 9.84 Å². The molecule has 0 spiro atoms. The van der Waals surface area contributed by atoms with Crippen LogP contribution < -0.4 is 0 Å². The predicted octanol–water partition coefficient (Wildman–Crippen LogP) is 0.960. The van der Waals surface area contributed by atoms with Crippen LogP contribution in [-0.2, 0) is 9.53 Å². The lowest BCUT2D eigenvalue weighted by Gasteiger charge is -2.36. The molecule has 2 aliphatic rings. The molecule has 2 unspecified atom stereocenters. The Labute approximate surface area is 90.2 Å². The average molecular weight is 213 g/mol. The van der Waals surface area contributed by atoms with E-state index in [0.29, 0.717) is 12.6 Å². The van der Waals surface area contributed by atoms with E-state index in [1.165, 1.54) is 12.8 Å². The number of hydrogen-bond donors (Lipinski definition) is 1. The average Bonchev–Trinajstić information content (AvgIpc) is 2.99. The molecule has 1 saturated heterocycles. The molecule has 0 aromatic heterocycles. The third-order valence-electron chi connectivity index (χ3n) is 3.45. The molecule has 0 aromatic carbocycles. The number of carbonyl (C=O) groups is 1. The van der Waals surface area contributed by atoms with E-state index in [1.807, 2.05) is 0 Å². The van der Waals surface area contributed by atoms with Crippen molar-refractivity contribution in [1.82, 2.24) is 4.90 Å². The summed E-state index contributed by atoms with van der Waals surface area (Å²) in [7, 11) is 0. The zero-order valence-corrected chi connectivity index (χ0v) is 9.19. The number of morpholine rings is 1. The number of carboxylic acids is 1. The quantitative estimate of drug-likeness (QED) is 0.755. The van der Waals surface area contributed by atoms with Gasteiger partial charge in [0, 0.05) is 19.1 Å². The first-order valence-corrected chi connectivity index (χ1v) is 5.74. The minimum absolute atomic E-state index is 0.113. The molecule has 2 rings (SSSR count). The lowest BCUT2D eigenvalue weighted by molar-refractivity contribution is -0.142. The van der Waals surface area contributed by atoms with Crippen molar-refractivity contribution in [3.8, 4) is 0 Å². The Morgan fingerprint density at radius 2 is 2.33 bits per heavy atom. The SMILES string of the molecule is CC(C1CC1)N1CCOC(CC(=O)O)C1. The fraction of sp³-hybridized carbons (Fsp3) is 0.909. The molecular formula is C11H19NO3. The number of aliphatic carboxylic acids is 1. The molecule has 0 amide bonds. The molecule has 0 radical (unpaired) electrons. The summed E-state index contributed by atoms with van der Waals surface area (Å²) in [4.78, 5) is 13.0. The molecule has 1 saturated carbocycles. The molecule has 0 bridgehead atoms. The van der Waals surface area contributed by atoms with Gasteiger partial charge in [-0.05, 0) is 25.7 Å². The zero-order chi connectivity index (χ0) is 10.8. The second kappa shape index (κ2) is 4.49. The van der Waals surface area contributed by atoms with E-state index >= 15 is 0 Å². The Balaban J connectivity index is 1.83. The summed E-state index contributed by atoms with van der Waals surface area (Å²) in [5.41, 5.74) is 0. The van der Waals surface area contributed by atoms with Crippen LogP contribution in [-0.4, -0.2) is 47.8 Å². The van der Waals surface area contributed by atoms with Gasteiger partial charge in [-0.15, -0.1) is 0 Å². The largest absolute Gasteiger partial charge is 0.481 e. The predicted molar refractivity (Wildman–Crippen MR) is 55.8 cm³/mol. The Morgan fingerprint density at radius 3 is 2.93 bits per heavy atom. The Kier molecular flexibility index (Phi) is 3.26. The second-order valence-corrected chi connectivity index (χ2v) is 4.66. The summed E-state index contributed by atoms with van der Waals surface area (Å²) in [6, 6.07) is 0.602. The molecule has 1 aliphatic carbocycles. The Morgan fingerprint density at radius 1 is 1.60 bits per heavy atom. The minimum atomic E-state index is -0.763. The van der Waals surface area contributed by atoms with Crippen molar-refractivity contribution < 1.29 is 14.6 Å².